The van der Waals surface area contributed by atoms with Crippen LogP contribution in [0.15, 0.2) is 23.6 Å². The van der Waals surface area contributed by atoms with E-state index < -0.39 is 11.9 Å². The second-order valence-electron chi connectivity index (χ2n) is 5.83. The Labute approximate surface area is 149 Å². The molecule has 132 valence electrons. The van der Waals surface area contributed by atoms with Crippen LogP contribution < -0.4 is 0 Å². The van der Waals surface area contributed by atoms with Crippen LogP contribution in [0.2, 0.25) is 0 Å². The molecule has 7 heteroatoms. The monoisotopic (exact) mass is 360 g/mol. The summed E-state index contributed by atoms with van der Waals surface area (Å²) in [5, 5.41) is 27.4. The molecule has 25 heavy (non-hydrogen) atoms. The van der Waals surface area contributed by atoms with E-state index in [9.17, 15) is 0 Å². The maximum atomic E-state index is 9.10. The Hall–Kier alpha value is -2.43. The fourth-order valence-corrected chi connectivity index (χ4v) is 4.02. The van der Waals surface area contributed by atoms with Gasteiger partial charge < -0.3 is 15.1 Å². The van der Waals surface area contributed by atoms with Crippen LogP contribution in [0.25, 0.3) is 10.1 Å². The van der Waals surface area contributed by atoms with Gasteiger partial charge in [-0.25, -0.2) is 9.59 Å². The number of thiophene rings is 1. The Morgan fingerprint density at radius 2 is 1.92 bits per heavy atom. The average molecular weight is 360 g/mol. The second kappa shape index (κ2) is 8.60. The van der Waals surface area contributed by atoms with Gasteiger partial charge in [0, 0.05) is 4.70 Å². The van der Waals surface area contributed by atoms with Crippen LogP contribution >= 0.6 is 11.3 Å². The predicted molar refractivity (Wildman–Crippen MR) is 95.9 cm³/mol. The van der Waals surface area contributed by atoms with Gasteiger partial charge in [0.25, 0.3) is 0 Å². The summed E-state index contributed by atoms with van der Waals surface area (Å²) in [6.45, 7) is 5.81. The molecule has 2 heterocycles. The van der Waals surface area contributed by atoms with E-state index in [-0.39, 0.29) is 0 Å². The summed E-state index contributed by atoms with van der Waals surface area (Å²) < 4.78 is 1.31. The van der Waals surface area contributed by atoms with E-state index in [0.717, 1.165) is 12.1 Å². The lowest BCUT2D eigenvalue weighted by Gasteiger charge is -2.31. The first-order valence-electron chi connectivity index (χ1n) is 8.06. The summed E-state index contributed by atoms with van der Waals surface area (Å²) >= 11 is 1.81. The molecule has 1 saturated heterocycles. The Bertz CT molecular complexity index is 789. The number of fused-ring (bicyclic) bond motifs is 1. The smallest absolute Gasteiger partial charge is 0.414 e. The van der Waals surface area contributed by atoms with Gasteiger partial charge in [-0.1, -0.05) is 6.92 Å². The first-order chi connectivity index (χ1) is 12.0. The molecule has 1 aliphatic heterocycles. The molecule has 0 radical (unpaired) electrons. The molecule has 3 rings (SSSR count). The molecule has 6 nitrogen and oxygen atoms in total. The van der Waals surface area contributed by atoms with Crippen molar-refractivity contribution in [2.75, 3.05) is 19.6 Å². The molecule has 0 saturated carbocycles. The highest BCUT2D eigenvalue weighted by atomic mass is 32.1. The topological polar surface area (TPSA) is 102 Å². The minimum atomic E-state index is -1.82. The SMILES string of the molecule is CCN1CCC(c2csc3ccc(C#N)cc23)CC1.O=C(O)C(=O)O. The Balaban J connectivity index is 0.000000326. The largest absolute Gasteiger partial charge is 0.473 e. The zero-order valence-electron chi connectivity index (χ0n) is 13.9. The second-order valence-corrected chi connectivity index (χ2v) is 6.74. The molecular formula is C18H20N2O4S. The Morgan fingerprint density at radius 3 is 2.44 bits per heavy atom. The molecule has 0 amide bonds. The molecule has 2 aromatic rings. The van der Waals surface area contributed by atoms with Crippen LogP contribution in [0.3, 0.4) is 0 Å². The number of hydrogen-bond acceptors (Lipinski definition) is 5. The number of rotatable bonds is 2. The summed E-state index contributed by atoms with van der Waals surface area (Å²) in [5.41, 5.74) is 2.24. The van der Waals surface area contributed by atoms with Crippen molar-refractivity contribution in [2.24, 2.45) is 0 Å². The predicted octanol–water partition coefficient (Wildman–Crippen LogP) is 3.13. The third-order valence-electron chi connectivity index (χ3n) is 4.39. The van der Waals surface area contributed by atoms with Crippen LogP contribution in [-0.4, -0.2) is 46.7 Å². The Morgan fingerprint density at radius 1 is 1.28 bits per heavy atom. The van der Waals surface area contributed by atoms with E-state index in [1.807, 2.05) is 17.4 Å². The van der Waals surface area contributed by atoms with E-state index >= 15 is 0 Å². The van der Waals surface area contributed by atoms with Gasteiger partial charge in [0.15, 0.2) is 0 Å². The third-order valence-corrected chi connectivity index (χ3v) is 5.37. The van der Waals surface area contributed by atoms with Crippen molar-refractivity contribution in [3.05, 3.63) is 34.7 Å². The van der Waals surface area contributed by atoms with Crippen molar-refractivity contribution < 1.29 is 19.8 Å². The van der Waals surface area contributed by atoms with E-state index in [1.165, 1.54) is 41.6 Å². The molecule has 1 aliphatic rings. The van der Waals surface area contributed by atoms with Crippen LogP contribution in [0, 0.1) is 11.3 Å². The first kappa shape index (κ1) is 18.9. The van der Waals surface area contributed by atoms with Crippen LogP contribution in [0.1, 0.15) is 36.8 Å². The van der Waals surface area contributed by atoms with Gasteiger partial charge in [0.1, 0.15) is 0 Å². The molecule has 0 spiro atoms. The number of carboxylic acid groups (broad SMARTS) is 2. The number of nitrogens with zero attached hydrogens (tertiary/aromatic N) is 2. The van der Waals surface area contributed by atoms with Crippen LogP contribution in [0.4, 0.5) is 0 Å². The fraction of sp³-hybridized carbons (Fsp3) is 0.389. The van der Waals surface area contributed by atoms with Crippen molar-refractivity contribution in [1.82, 2.24) is 4.90 Å². The summed E-state index contributed by atoms with van der Waals surface area (Å²) in [5.74, 6) is -2.98. The van der Waals surface area contributed by atoms with Crippen LogP contribution in [-0.2, 0) is 9.59 Å². The van der Waals surface area contributed by atoms with Crippen molar-refractivity contribution >= 4 is 33.4 Å². The molecule has 1 fully saturated rings. The molecule has 1 aromatic carbocycles. The number of likely N-dealkylation sites (tertiary alicyclic amines) is 1. The van der Waals surface area contributed by atoms with Gasteiger partial charge in [-0.05, 0) is 72.9 Å². The van der Waals surface area contributed by atoms with E-state index in [1.54, 1.807) is 0 Å². The fourth-order valence-electron chi connectivity index (χ4n) is 2.99. The number of hydrogen-bond donors (Lipinski definition) is 2. The molecule has 0 bridgehead atoms. The van der Waals surface area contributed by atoms with Gasteiger partial charge in [0.05, 0.1) is 11.6 Å². The highest BCUT2D eigenvalue weighted by Crippen LogP contribution is 2.37. The number of carboxylic acids is 2. The zero-order chi connectivity index (χ0) is 18.4. The normalized spacial score (nSPS) is 15.2. The number of piperidine rings is 1. The summed E-state index contributed by atoms with van der Waals surface area (Å²) in [6.07, 6.45) is 2.49. The third kappa shape index (κ3) is 4.78. The summed E-state index contributed by atoms with van der Waals surface area (Å²) in [6, 6.07) is 8.32. The van der Waals surface area contributed by atoms with Gasteiger partial charge in [0.2, 0.25) is 0 Å². The average Bonchev–Trinajstić information content (AvgIpc) is 3.05. The van der Waals surface area contributed by atoms with Crippen LogP contribution in [0.5, 0.6) is 0 Å². The standard InChI is InChI=1S/C16H18N2S.C2H2O4/c1-2-18-7-5-13(6-8-18)15-11-19-16-4-3-12(10-17)9-14(15)16;3-1(4)2(5)6/h3-4,9,11,13H,2,5-8H2,1H3;(H,3,4)(H,5,6). The highest BCUT2D eigenvalue weighted by molar-refractivity contribution is 7.17. The van der Waals surface area contributed by atoms with E-state index in [0.29, 0.717) is 5.92 Å². The van der Waals surface area contributed by atoms with Crippen molar-refractivity contribution in [3.63, 3.8) is 0 Å². The van der Waals surface area contributed by atoms with E-state index in [2.05, 4.69) is 35.4 Å². The number of nitriles is 1. The minimum absolute atomic E-state index is 0.672. The maximum Gasteiger partial charge on any atom is 0.414 e. The maximum absolute atomic E-state index is 9.10. The Kier molecular flexibility index (Phi) is 6.51. The lowest BCUT2D eigenvalue weighted by atomic mass is 9.89. The quantitative estimate of drug-likeness (QED) is 0.798. The minimum Gasteiger partial charge on any atom is -0.473 e. The van der Waals surface area contributed by atoms with Gasteiger partial charge in [-0.3, -0.25) is 0 Å². The first-order valence-corrected chi connectivity index (χ1v) is 8.94. The number of benzene rings is 1. The van der Waals surface area contributed by atoms with Gasteiger partial charge >= 0.3 is 11.9 Å². The molecule has 0 aliphatic carbocycles. The van der Waals surface area contributed by atoms with Crippen molar-refractivity contribution in [2.45, 2.75) is 25.7 Å². The molecule has 1 aromatic heterocycles. The van der Waals surface area contributed by atoms with Crippen molar-refractivity contribution in [3.8, 4) is 6.07 Å². The molecule has 0 unspecified atom stereocenters. The number of carbonyl (C=O) groups is 2. The lowest BCUT2D eigenvalue weighted by molar-refractivity contribution is -0.159. The van der Waals surface area contributed by atoms with Gasteiger partial charge in [-0.15, -0.1) is 11.3 Å². The zero-order valence-corrected chi connectivity index (χ0v) is 14.8. The summed E-state index contributed by atoms with van der Waals surface area (Å²) in [4.78, 5) is 20.7. The highest BCUT2D eigenvalue weighted by Gasteiger charge is 2.22. The van der Waals surface area contributed by atoms with E-state index in [4.69, 9.17) is 25.1 Å². The summed E-state index contributed by atoms with van der Waals surface area (Å²) in [7, 11) is 0. The van der Waals surface area contributed by atoms with Gasteiger partial charge in [-0.2, -0.15) is 5.26 Å². The lowest BCUT2D eigenvalue weighted by Crippen LogP contribution is -2.32. The number of aliphatic carboxylic acids is 2. The van der Waals surface area contributed by atoms with Crippen molar-refractivity contribution in [1.29, 1.82) is 5.26 Å². The molecular weight excluding hydrogens is 340 g/mol. The molecule has 2 N–H and O–H groups in total. The molecule has 0 atom stereocenters.